The summed E-state index contributed by atoms with van der Waals surface area (Å²) in [5.41, 5.74) is 2.69. The molecule has 0 radical (unpaired) electrons. The van der Waals surface area contributed by atoms with Crippen LogP contribution in [0.4, 0.5) is 10.1 Å². The summed E-state index contributed by atoms with van der Waals surface area (Å²) in [5.74, 6) is -1.57. The van der Waals surface area contributed by atoms with Crippen molar-refractivity contribution < 1.29 is 23.5 Å². The molecule has 0 aromatic heterocycles. The summed E-state index contributed by atoms with van der Waals surface area (Å²) >= 11 is 0. The third-order valence-corrected chi connectivity index (χ3v) is 7.18. The van der Waals surface area contributed by atoms with E-state index in [2.05, 4.69) is 22.3 Å². The van der Waals surface area contributed by atoms with E-state index in [-0.39, 0.29) is 24.8 Å². The molecule has 3 aliphatic rings. The van der Waals surface area contributed by atoms with Crippen LogP contribution in [0.2, 0.25) is 0 Å². The van der Waals surface area contributed by atoms with Crippen molar-refractivity contribution in [1.29, 1.82) is 0 Å². The molecule has 2 fully saturated rings. The molecule has 5 rings (SSSR count). The van der Waals surface area contributed by atoms with E-state index in [1.165, 1.54) is 16.5 Å². The van der Waals surface area contributed by atoms with Crippen molar-refractivity contribution in [2.24, 2.45) is 0 Å². The van der Waals surface area contributed by atoms with Gasteiger partial charge < -0.3 is 14.5 Å². The van der Waals surface area contributed by atoms with E-state index in [0.717, 1.165) is 31.6 Å². The predicted molar refractivity (Wildman–Crippen MR) is 132 cm³/mol. The number of hydrogen-bond donors (Lipinski definition) is 1. The van der Waals surface area contributed by atoms with E-state index in [1.54, 1.807) is 6.07 Å². The van der Waals surface area contributed by atoms with Crippen LogP contribution in [0, 0.1) is 5.82 Å². The SMILES string of the molecule is O=C1CCC(N2Cc3cc(N4CCN(CCCOCc5ccccc5)CC4)c(F)cc3C2=O)C(=O)N1. The van der Waals surface area contributed by atoms with Gasteiger partial charge in [0.15, 0.2) is 0 Å². The highest BCUT2D eigenvalue weighted by atomic mass is 19.1. The van der Waals surface area contributed by atoms with Crippen LogP contribution >= 0.6 is 0 Å². The van der Waals surface area contributed by atoms with E-state index >= 15 is 4.39 Å². The average Bonchev–Trinajstić information content (AvgIpc) is 3.19. The quantitative estimate of drug-likeness (QED) is 0.448. The number of rotatable bonds is 8. The number of benzene rings is 2. The molecule has 3 amide bonds. The third kappa shape index (κ3) is 5.27. The second kappa shape index (κ2) is 10.8. The van der Waals surface area contributed by atoms with E-state index in [4.69, 9.17) is 4.74 Å². The number of piperidine rings is 1. The number of anilines is 1. The molecule has 1 atom stereocenters. The van der Waals surface area contributed by atoms with Crippen molar-refractivity contribution in [1.82, 2.24) is 15.1 Å². The lowest BCUT2D eigenvalue weighted by molar-refractivity contribution is -0.136. The maximum absolute atomic E-state index is 15.1. The normalized spacial score (nSPS) is 20.6. The van der Waals surface area contributed by atoms with Crippen molar-refractivity contribution in [2.45, 2.75) is 38.5 Å². The van der Waals surface area contributed by atoms with Crippen molar-refractivity contribution in [3.8, 4) is 0 Å². The first kappa shape index (κ1) is 24.4. The van der Waals surface area contributed by atoms with Gasteiger partial charge in [0.05, 0.1) is 12.3 Å². The van der Waals surface area contributed by atoms with Gasteiger partial charge >= 0.3 is 0 Å². The van der Waals surface area contributed by atoms with Gasteiger partial charge in [0.1, 0.15) is 11.9 Å². The Morgan fingerprint density at radius 2 is 1.81 bits per heavy atom. The fraction of sp³-hybridized carbons (Fsp3) is 0.444. The highest BCUT2D eigenvalue weighted by Crippen LogP contribution is 2.33. The molecule has 8 nitrogen and oxygen atoms in total. The molecule has 36 heavy (non-hydrogen) atoms. The van der Waals surface area contributed by atoms with Gasteiger partial charge in [0, 0.05) is 57.9 Å². The summed E-state index contributed by atoms with van der Waals surface area (Å²) in [6, 6.07) is 12.5. The molecule has 2 aromatic carbocycles. The van der Waals surface area contributed by atoms with Crippen molar-refractivity contribution in [3.05, 3.63) is 65.0 Å². The monoisotopic (exact) mass is 494 g/mol. The van der Waals surface area contributed by atoms with Gasteiger partial charge in [0.25, 0.3) is 5.91 Å². The average molecular weight is 495 g/mol. The van der Waals surface area contributed by atoms with Crippen LogP contribution in [0.1, 0.15) is 40.7 Å². The Morgan fingerprint density at radius 3 is 2.56 bits per heavy atom. The number of halogens is 1. The van der Waals surface area contributed by atoms with E-state index in [0.29, 0.717) is 44.0 Å². The van der Waals surface area contributed by atoms with Crippen LogP contribution in [0.3, 0.4) is 0 Å². The van der Waals surface area contributed by atoms with Crippen LogP contribution in [0.15, 0.2) is 42.5 Å². The smallest absolute Gasteiger partial charge is 0.255 e. The number of nitrogens with zero attached hydrogens (tertiary/aromatic N) is 3. The molecule has 190 valence electrons. The van der Waals surface area contributed by atoms with Gasteiger partial charge in [-0.25, -0.2) is 4.39 Å². The van der Waals surface area contributed by atoms with Gasteiger partial charge in [-0.05, 0) is 36.1 Å². The van der Waals surface area contributed by atoms with Crippen LogP contribution in [-0.2, 0) is 27.5 Å². The molecule has 3 heterocycles. The summed E-state index contributed by atoms with van der Waals surface area (Å²) in [6.45, 7) is 5.56. The molecule has 0 saturated carbocycles. The lowest BCUT2D eigenvalue weighted by Crippen LogP contribution is -2.52. The second-order valence-corrected chi connectivity index (χ2v) is 9.58. The van der Waals surface area contributed by atoms with E-state index in [9.17, 15) is 14.4 Å². The molecule has 2 aromatic rings. The highest BCUT2D eigenvalue weighted by molar-refractivity contribution is 6.05. The summed E-state index contributed by atoms with van der Waals surface area (Å²) in [4.78, 5) is 42.5. The summed E-state index contributed by atoms with van der Waals surface area (Å²) < 4.78 is 20.8. The Hall–Kier alpha value is -3.30. The highest BCUT2D eigenvalue weighted by Gasteiger charge is 2.39. The summed E-state index contributed by atoms with van der Waals surface area (Å²) in [7, 11) is 0. The number of ether oxygens (including phenoxy) is 1. The first-order chi connectivity index (χ1) is 17.5. The number of carbonyl (C=O) groups is 3. The minimum Gasteiger partial charge on any atom is -0.377 e. The topological polar surface area (TPSA) is 82.2 Å². The van der Waals surface area contributed by atoms with Crippen LogP contribution in [0.25, 0.3) is 0 Å². The van der Waals surface area contributed by atoms with Crippen molar-refractivity contribution in [2.75, 3.05) is 44.2 Å². The number of nitrogens with one attached hydrogen (secondary N) is 1. The van der Waals surface area contributed by atoms with Crippen molar-refractivity contribution >= 4 is 23.4 Å². The number of hydrogen-bond acceptors (Lipinski definition) is 6. The zero-order chi connectivity index (χ0) is 25.1. The Kier molecular flexibility index (Phi) is 7.29. The first-order valence-corrected chi connectivity index (χ1v) is 12.6. The predicted octanol–water partition coefficient (Wildman–Crippen LogP) is 2.32. The lowest BCUT2D eigenvalue weighted by atomic mass is 10.0. The molecule has 0 spiro atoms. The Morgan fingerprint density at radius 1 is 1.03 bits per heavy atom. The van der Waals surface area contributed by atoms with E-state index < -0.39 is 17.8 Å². The van der Waals surface area contributed by atoms with Crippen LogP contribution in [-0.4, -0.2) is 72.9 Å². The minimum atomic E-state index is -0.700. The zero-order valence-electron chi connectivity index (χ0n) is 20.2. The van der Waals surface area contributed by atoms with Gasteiger partial charge in [-0.15, -0.1) is 0 Å². The zero-order valence-corrected chi connectivity index (χ0v) is 20.2. The van der Waals surface area contributed by atoms with Gasteiger partial charge in [-0.3, -0.25) is 24.6 Å². The molecular weight excluding hydrogens is 463 g/mol. The molecule has 9 heteroatoms. The summed E-state index contributed by atoms with van der Waals surface area (Å²) in [6.07, 6.45) is 1.43. The van der Waals surface area contributed by atoms with E-state index in [1.807, 2.05) is 23.1 Å². The Balaban J connectivity index is 1.12. The van der Waals surface area contributed by atoms with Crippen LogP contribution in [0.5, 0.6) is 0 Å². The first-order valence-electron chi connectivity index (χ1n) is 12.6. The molecule has 1 N–H and O–H groups in total. The number of fused-ring (bicyclic) bond motifs is 1. The Labute approximate surface area is 210 Å². The molecule has 0 aliphatic carbocycles. The molecule has 3 aliphatic heterocycles. The largest absolute Gasteiger partial charge is 0.377 e. The van der Waals surface area contributed by atoms with Crippen molar-refractivity contribution in [3.63, 3.8) is 0 Å². The fourth-order valence-electron chi connectivity index (χ4n) is 5.19. The lowest BCUT2D eigenvalue weighted by Gasteiger charge is -2.36. The van der Waals surface area contributed by atoms with Gasteiger partial charge in [-0.2, -0.15) is 0 Å². The van der Waals surface area contributed by atoms with Gasteiger partial charge in [-0.1, -0.05) is 30.3 Å². The third-order valence-electron chi connectivity index (χ3n) is 7.18. The second-order valence-electron chi connectivity index (χ2n) is 9.58. The number of amides is 3. The number of imide groups is 1. The number of piperazine rings is 1. The van der Waals surface area contributed by atoms with Gasteiger partial charge in [0.2, 0.25) is 11.8 Å². The Bertz CT molecular complexity index is 1130. The molecule has 1 unspecified atom stereocenters. The fourth-order valence-corrected chi connectivity index (χ4v) is 5.19. The minimum absolute atomic E-state index is 0.194. The molecule has 0 bridgehead atoms. The maximum Gasteiger partial charge on any atom is 0.255 e. The van der Waals surface area contributed by atoms with Crippen LogP contribution < -0.4 is 10.2 Å². The standard InChI is InChI=1S/C27H31FN4O4/c28-22-16-21-20(17-32(27(21)35)23-7-8-25(33)29-26(23)34)15-24(22)31-12-10-30(11-13-31)9-4-14-36-18-19-5-2-1-3-6-19/h1-3,5-6,15-16,23H,4,7-14,17-18H2,(H,29,33,34). The summed E-state index contributed by atoms with van der Waals surface area (Å²) in [5, 5.41) is 2.29. The maximum atomic E-state index is 15.1. The molecular formula is C27H31FN4O4. The number of carbonyl (C=O) groups excluding carboxylic acids is 3. The molecule has 2 saturated heterocycles.